The Kier molecular flexibility index (Phi) is 3.73. The minimum atomic E-state index is 0.752. The molecule has 1 rings (SSSR count). The van der Waals surface area contributed by atoms with Crippen LogP contribution in [0.25, 0.3) is 0 Å². The standard InChI is InChI=1S/C8H15N3O/c1-3-7-10-8(12-11-7)5-4-6-9-2/h9H,3-6H2,1-2H3. The first-order valence-corrected chi connectivity index (χ1v) is 4.33. The van der Waals surface area contributed by atoms with Gasteiger partial charge in [0.15, 0.2) is 5.82 Å². The molecule has 4 heteroatoms. The molecule has 0 fully saturated rings. The van der Waals surface area contributed by atoms with E-state index in [0.29, 0.717) is 0 Å². The Hall–Kier alpha value is -0.900. The molecule has 0 spiro atoms. The molecule has 1 aromatic heterocycles. The van der Waals surface area contributed by atoms with Gasteiger partial charge in [-0.2, -0.15) is 4.98 Å². The zero-order valence-corrected chi connectivity index (χ0v) is 7.63. The lowest BCUT2D eigenvalue weighted by Gasteiger charge is -1.93. The summed E-state index contributed by atoms with van der Waals surface area (Å²) in [7, 11) is 1.94. The van der Waals surface area contributed by atoms with Crippen LogP contribution in [0.2, 0.25) is 0 Å². The van der Waals surface area contributed by atoms with Gasteiger partial charge in [0.25, 0.3) is 0 Å². The Balaban J connectivity index is 2.31. The molecule has 1 heterocycles. The molecule has 0 saturated heterocycles. The molecule has 0 saturated carbocycles. The van der Waals surface area contributed by atoms with Crippen molar-refractivity contribution in [2.75, 3.05) is 13.6 Å². The Morgan fingerprint density at radius 2 is 2.33 bits per heavy atom. The zero-order valence-electron chi connectivity index (χ0n) is 7.63. The van der Waals surface area contributed by atoms with Gasteiger partial charge in [0.2, 0.25) is 5.89 Å². The lowest BCUT2D eigenvalue weighted by molar-refractivity contribution is 0.370. The zero-order chi connectivity index (χ0) is 8.81. The van der Waals surface area contributed by atoms with E-state index >= 15 is 0 Å². The van der Waals surface area contributed by atoms with Gasteiger partial charge in [0, 0.05) is 12.8 Å². The summed E-state index contributed by atoms with van der Waals surface area (Å²) in [5.74, 6) is 1.55. The van der Waals surface area contributed by atoms with E-state index in [4.69, 9.17) is 4.52 Å². The van der Waals surface area contributed by atoms with Gasteiger partial charge in [0.05, 0.1) is 0 Å². The van der Waals surface area contributed by atoms with E-state index in [0.717, 1.165) is 37.5 Å². The molecule has 0 unspecified atom stereocenters. The van der Waals surface area contributed by atoms with E-state index in [2.05, 4.69) is 15.5 Å². The van der Waals surface area contributed by atoms with Crippen LogP contribution >= 0.6 is 0 Å². The molecule has 0 aliphatic heterocycles. The van der Waals surface area contributed by atoms with Crippen molar-refractivity contribution in [3.05, 3.63) is 11.7 Å². The third-order valence-electron chi connectivity index (χ3n) is 1.64. The van der Waals surface area contributed by atoms with Gasteiger partial charge in [-0.3, -0.25) is 0 Å². The van der Waals surface area contributed by atoms with Crippen molar-refractivity contribution in [2.45, 2.75) is 26.2 Å². The maximum absolute atomic E-state index is 5.01. The molecule has 1 N–H and O–H groups in total. The van der Waals surface area contributed by atoms with Gasteiger partial charge < -0.3 is 9.84 Å². The number of aryl methyl sites for hydroxylation is 2. The molecule has 1 aromatic rings. The first kappa shape index (κ1) is 9.19. The predicted octanol–water partition coefficient (Wildman–Crippen LogP) is 0.784. The van der Waals surface area contributed by atoms with Crippen LogP contribution in [0.4, 0.5) is 0 Å². The third kappa shape index (κ3) is 2.62. The SMILES string of the molecule is CCc1noc(CCCNC)n1. The van der Waals surface area contributed by atoms with Crippen LogP contribution in [0.5, 0.6) is 0 Å². The van der Waals surface area contributed by atoms with Crippen LogP contribution in [0.1, 0.15) is 25.1 Å². The van der Waals surface area contributed by atoms with Gasteiger partial charge in [-0.25, -0.2) is 0 Å². The minimum Gasteiger partial charge on any atom is -0.339 e. The number of nitrogens with zero attached hydrogens (tertiary/aromatic N) is 2. The summed E-state index contributed by atoms with van der Waals surface area (Å²) in [5, 5.41) is 6.88. The highest BCUT2D eigenvalue weighted by molar-refractivity contribution is 4.85. The average Bonchev–Trinajstić information content (AvgIpc) is 2.53. The van der Waals surface area contributed by atoms with E-state index in [1.54, 1.807) is 0 Å². The van der Waals surface area contributed by atoms with Crippen molar-refractivity contribution in [1.82, 2.24) is 15.5 Å². The smallest absolute Gasteiger partial charge is 0.226 e. The molecule has 68 valence electrons. The van der Waals surface area contributed by atoms with Crippen molar-refractivity contribution in [3.63, 3.8) is 0 Å². The molecule has 0 aliphatic carbocycles. The van der Waals surface area contributed by atoms with Crippen LogP contribution in [0, 0.1) is 0 Å². The highest BCUT2D eigenvalue weighted by Gasteiger charge is 2.02. The van der Waals surface area contributed by atoms with Gasteiger partial charge in [0.1, 0.15) is 0 Å². The number of rotatable bonds is 5. The van der Waals surface area contributed by atoms with Crippen molar-refractivity contribution in [3.8, 4) is 0 Å². The molecule has 0 bridgehead atoms. The Morgan fingerprint density at radius 3 is 2.92 bits per heavy atom. The van der Waals surface area contributed by atoms with Crippen LogP contribution in [0.15, 0.2) is 4.52 Å². The summed E-state index contributed by atoms with van der Waals surface area (Å²) in [4.78, 5) is 4.19. The molecular weight excluding hydrogens is 154 g/mol. The van der Waals surface area contributed by atoms with Gasteiger partial charge in [-0.1, -0.05) is 12.1 Å². The van der Waals surface area contributed by atoms with Gasteiger partial charge >= 0.3 is 0 Å². The summed E-state index contributed by atoms with van der Waals surface area (Å²) in [6, 6.07) is 0. The van der Waals surface area contributed by atoms with Crippen LogP contribution < -0.4 is 5.32 Å². The van der Waals surface area contributed by atoms with Gasteiger partial charge in [-0.15, -0.1) is 0 Å². The van der Waals surface area contributed by atoms with Crippen molar-refractivity contribution in [1.29, 1.82) is 0 Å². The molecule has 0 radical (unpaired) electrons. The number of hydrogen-bond donors (Lipinski definition) is 1. The summed E-state index contributed by atoms with van der Waals surface area (Å²) < 4.78 is 5.01. The molecule has 4 nitrogen and oxygen atoms in total. The van der Waals surface area contributed by atoms with E-state index in [-0.39, 0.29) is 0 Å². The molecular formula is C8H15N3O. The van der Waals surface area contributed by atoms with E-state index in [1.807, 2.05) is 14.0 Å². The fourth-order valence-electron chi connectivity index (χ4n) is 0.952. The first-order chi connectivity index (χ1) is 5.86. The van der Waals surface area contributed by atoms with Crippen molar-refractivity contribution < 1.29 is 4.52 Å². The Bertz CT molecular complexity index is 222. The quantitative estimate of drug-likeness (QED) is 0.662. The third-order valence-corrected chi connectivity index (χ3v) is 1.64. The molecule has 0 amide bonds. The summed E-state index contributed by atoms with van der Waals surface area (Å²) in [6.45, 7) is 3.01. The summed E-state index contributed by atoms with van der Waals surface area (Å²) in [5.41, 5.74) is 0. The molecule has 0 atom stereocenters. The van der Waals surface area contributed by atoms with E-state index in [1.165, 1.54) is 0 Å². The fourth-order valence-corrected chi connectivity index (χ4v) is 0.952. The second-order valence-corrected chi connectivity index (χ2v) is 2.67. The summed E-state index contributed by atoms with van der Waals surface area (Å²) >= 11 is 0. The number of aromatic nitrogens is 2. The second-order valence-electron chi connectivity index (χ2n) is 2.67. The molecule has 0 aromatic carbocycles. The van der Waals surface area contributed by atoms with Crippen LogP contribution in [0.3, 0.4) is 0 Å². The lowest BCUT2D eigenvalue weighted by Crippen LogP contribution is -2.08. The minimum absolute atomic E-state index is 0.752. The summed E-state index contributed by atoms with van der Waals surface area (Å²) in [6.07, 6.45) is 2.76. The number of nitrogens with one attached hydrogen (secondary N) is 1. The largest absolute Gasteiger partial charge is 0.339 e. The normalized spacial score (nSPS) is 10.5. The van der Waals surface area contributed by atoms with E-state index in [9.17, 15) is 0 Å². The monoisotopic (exact) mass is 169 g/mol. The lowest BCUT2D eigenvalue weighted by atomic mass is 10.3. The molecule has 0 aliphatic rings. The Labute approximate surface area is 72.4 Å². The topological polar surface area (TPSA) is 51.0 Å². The van der Waals surface area contributed by atoms with Crippen molar-refractivity contribution in [2.24, 2.45) is 0 Å². The number of hydrogen-bond acceptors (Lipinski definition) is 4. The van der Waals surface area contributed by atoms with Crippen LogP contribution in [-0.4, -0.2) is 23.7 Å². The first-order valence-electron chi connectivity index (χ1n) is 4.33. The van der Waals surface area contributed by atoms with E-state index < -0.39 is 0 Å². The molecule has 12 heavy (non-hydrogen) atoms. The Morgan fingerprint density at radius 1 is 1.50 bits per heavy atom. The second kappa shape index (κ2) is 4.87. The maximum Gasteiger partial charge on any atom is 0.226 e. The average molecular weight is 169 g/mol. The highest BCUT2D eigenvalue weighted by Crippen LogP contribution is 2.00. The predicted molar refractivity (Wildman–Crippen MR) is 45.9 cm³/mol. The van der Waals surface area contributed by atoms with Gasteiger partial charge in [-0.05, 0) is 20.0 Å². The van der Waals surface area contributed by atoms with Crippen molar-refractivity contribution >= 4 is 0 Å². The van der Waals surface area contributed by atoms with Crippen LogP contribution in [-0.2, 0) is 12.8 Å². The fraction of sp³-hybridized carbons (Fsp3) is 0.750. The highest BCUT2D eigenvalue weighted by atomic mass is 16.5. The maximum atomic E-state index is 5.01.